The van der Waals surface area contributed by atoms with E-state index in [1.807, 2.05) is 54.6 Å². The zero-order chi connectivity index (χ0) is 23.3. The van der Waals surface area contributed by atoms with Crippen molar-refractivity contribution in [3.63, 3.8) is 0 Å². The minimum Gasteiger partial charge on any atom is -0.457 e. The fraction of sp³-hybridized carbons (Fsp3) is 0.280. The van der Waals surface area contributed by atoms with E-state index in [9.17, 15) is 8.42 Å². The predicted octanol–water partition coefficient (Wildman–Crippen LogP) is 4.40. The lowest BCUT2D eigenvalue weighted by Crippen LogP contribution is -2.48. The fourth-order valence-corrected chi connectivity index (χ4v) is 5.20. The Morgan fingerprint density at radius 3 is 2.15 bits per heavy atom. The Hall–Kier alpha value is -2.42. The number of nitrogens with zero attached hydrogens (tertiary/aromatic N) is 2. The number of hydrogen-bond donors (Lipinski definition) is 1. The predicted molar refractivity (Wildman–Crippen MR) is 131 cm³/mol. The SMILES string of the molecule is CN1CCN([C@H](CNS(=O)(=O)c2ccc(Oc3ccccc3)cc2)c2ccccc2Cl)CC1. The molecule has 0 aliphatic carbocycles. The summed E-state index contributed by atoms with van der Waals surface area (Å²) >= 11 is 6.49. The van der Waals surface area contributed by atoms with Crippen molar-refractivity contribution in [2.75, 3.05) is 39.8 Å². The lowest BCUT2D eigenvalue weighted by molar-refractivity contribution is 0.113. The maximum atomic E-state index is 13.0. The maximum absolute atomic E-state index is 13.0. The summed E-state index contributed by atoms with van der Waals surface area (Å²) < 4.78 is 34.7. The largest absolute Gasteiger partial charge is 0.457 e. The van der Waals surface area contributed by atoms with Gasteiger partial charge in [-0.3, -0.25) is 4.90 Å². The Balaban J connectivity index is 1.48. The third-order valence-electron chi connectivity index (χ3n) is 5.82. The highest BCUT2D eigenvalue weighted by Crippen LogP contribution is 2.29. The van der Waals surface area contributed by atoms with Crippen molar-refractivity contribution in [2.24, 2.45) is 0 Å². The third-order valence-corrected chi connectivity index (χ3v) is 7.61. The molecule has 3 aromatic rings. The number of halogens is 1. The number of hydrogen-bond acceptors (Lipinski definition) is 5. The van der Waals surface area contributed by atoms with Gasteiger partial charge in [-0.1, -0.05) is 48.0 Å². The summed E-state index contributed by atoms with van der Waals surface area (Å²) in [6, 6.07) is 23.3. The van der Waals surface area contributed by atoms with Crippen molar-refractivity contribution in [3.05, 3.63) is 89.4 Å². The molecular formula is C25H28ClN3O3S. The fourth-order valence-electron chi connectivity index (χ4n) is 3.90. The van der Waals surface area contributed by atoms with Gasteiger partial charge in [-0.15, -0.1) is 0 Å². The number of para-hydroxylation sites is 1. The first-order chi connectivity index (χ1) is 15.9. The molecule has 0 saturated carbocycles. The monoisotopic (exact) mass is 485 g/mol. The van der Waals surface area contributed by atoms with E-state index in [2.05, 4.69) is 21.6 Å². The van der Waals surface area contributed by atoms with Gasteiger partial charge in [-0.25, -0.2) is 13.1 Å². The molecule has 0 bridgehead atoms. The molecule has 1 saturated heterocycles. The summed E-state index contributed by atoms with van der Waals surface area (Å²) in [5.41, 5.74) is 0.929. The van der Waals surface area contributed by atoms with Crippen LogP contribution in [0.3, 0.4) is 0 Å². The van der Waals surface area contributed by atoms with Crippen molar-refractivity contribution >= 4 is 21.6 Å². The van der Waals surface area contributed by atoms with Crippen LogP contribution in [0, 0.1) is 0 Å². The molecular weight excluding hydrogens is 458 g/mol. The molecule has 1 heterocycles. The van der Waals surface area contributed by atoms with Gasteiger partial charge in [0.2, 0.25) is 10.0 Å². The summed E-state index contributed by atoms with van der Waals surface area (Å²) in [6.45, 7) is 3.78. The van der Waals surface area contributed by atoms with E-state index in [-0.39, 0.29) is 17.5 Å². The van der Waals surface area contributed by atoms with E-state index in [1.54, 1.807) is 24.3 Å². The normalized spacial score (nSPS) is 16.4. The molecule has 1 fully saturated rings. The second-order valence-corrected chi connectivity index (χ2v) is 10.3. The van der Waals surface area contributed by atoms with Gasteiger partial charge in [-0.2, -0.15) is 0 Å². The van der Waals surface area contributed by atoms with Crippen LogP contribution < -0.4 is 9.46 Å². The second-order valence-electron chi connectivity index (χ2n) is 8.11. The van der Waals surface area contributed by atoms with Crippen LogP contribution in [-0.4, -0.2) is 58.0 Å². The Labute approximate surface area is 200 Å². The molecule has 174 valence electrons. The van der Waals surface area contributed by atoms with Gasteiger partial charge in [0.1, 0.15) is 11.5 Å². The van der Waals surface area contributed by atoms with Crippen LogP contribution in [0.2, 0.25) is 5.02 Å². The molecule has 3 aromatic carbocycles. The van der Waals surface area contributed by atoms with Crippen molar-refractivity contribution in [1.29, 1.82) is 0 Å². The molecule has 0 aromatic heterocycles. The quantitative estimate of drug-likeness (QED) is 0.512. The average molecular weight is 486 g/mol. The molecule has 0 radical (unpaired) electrons. The summed E-state index contributed by atoms with van der Waals surface area (Å²) in [4.78, 5) is 4.75. The number of piperazine rings is 1. The first-order valence-corrected chi connectivity index (χ1v) is 12.8. The van der Waals surface area contributed by atoms with Crippen LogP contribution in [0.4, 0.5) is 0 Å². The van der Waals surface area contributed by atoms with Crippen LogP contribution in [0.25, 0.3) is 0 Å². The lowest BCUT2D eigenvalue weighted by atomic mass is 10.0. The molecule has 0 amide bonds. The smallest absolute Gasteiger partial charge is 0.240 e. The summed E-state index contributed by atoms with van der Waals surface area (Å²) in [7, 11) is -1.61. The highest BCUT2D eigenvalue weighted by molar-refractivity contribution is 7.89. The maximum Gasteiger partial charge on any atom is 0.240 e. The number of nitrogens with one attached hydrogen (secondary N) is 1. The molecule has 1 N–H and O–H groups in total. The van der Waals surface area contributed by atoms with Crippen molar-refractivity contribution in [1.82, 2.24) is 14.5 Å². The average Bonchev–Trinajstić information content (AvgIpc) is 2.82. The summed E-state index contributed by atoms with van der Waals surface area (Å²) in [6.07, 6.45) is 0. The Bertz CT molecular complexity index is 1150. The van der Waals surface area contributed by atoms with Crippen molar-refractivity contribution < 1.29 is 13.2 Å². The van der Waals surface area contributed by atoms with Gasteiger partial charge in [0.05, 0.1) is 4.90 Å². The molecule has 4 rings (SSSR count). The summed E-state index contributed by atoms with van der Waals surface area (Å²) in [5, 5.41) is 0.642. The van der Waals surface area contributed by atoms with E-state index >= 15 is 0 Å². The first kappa shape index (κ1) is 23.7. The molecule has 8 heteroatoms. The number of benzene rings is 3. The number of likely N-dealkylation sites (N-methyl/N-ethyl adjacent to an activating group) is 1. The molecule has 1 aliphatic rings. The van der Waals surface area contributed by atoms with E-state index in [0.29, 0.717) is 16.5 Å². The summed E-state index contributed by atoms with van der Waals surface area (Å²) in [5.74, 6) is 1.27. The standard InChI is InChI=1S/C25H28ClN3O3S/c1-28-15-17-29(18-16-28)25(23-9-5-6-10-24(23)26)19-27-33(30,31)22-13-11-21(12-14-22)32-20-7-3-2-4-8-20/h2-14,25,27H,15-19H2,1H3/t25-/m1/s1. The zero-order valence-corrected chi connectivity index (χ0v) is 20.1. The van der Waals surface area contributed by atoms with E-state index in [4.69, 9.17) is 16.3 Å². The Kier molecular flexibility index (Phi) is 7.67. The van der Waals surface area contributed by atoms with Crippen LogP contribution in [0.5, 0.6) is 11.5 Å². The van der Waals surface area contributed by atoms with Crippen LogP contribution in [0.1, 0.15) is 11.6 Å². The second kappa shape index (κ2) is 10.7. The van der Waals surface area contributed by atoms with E-state index in [1.165, 1.54) is 0 Å². The molecule has 1 atom stereocenters. The number of rotatable bonds is 8. The Morgan fingerprint density at radius 1 is 0.879 bits per heavy atom. The highest BCUT2D eigenvalue weighted by atomic mass is 35.5. The van der Waals surface area contributed by atoms with Gasteiger partial charge in [0.15, 0.2) is 0 Å². The Morgan fingerprint density at radius 2 is 1.48 bits per heavy atom. The van der Waals surface area contributed by atoms with Gasteiger partial charge in [0.25, 0.3) is 0 Å². The van der Waals surface area contributed by atoms with Crippen molar-refractivity contribution in [3.8, 4) is 11.5 Å². The first-order valence-electron chi connectivity index (χ1n) is 10.9. The molecule has 0 unspecified atom stereocenters. The molecule has 1 aliphatic heterocycles. The molecule has 6 nitrogen and oxygen atoms in total. The minimum absolute atomic E-state index is 0.150. The lowest BCUT2D eigenvalue weighted by Gasteiger charge is -2.38. The van der Waals surface area contributed by atoms with Crippen LogP contribution in [0.15, 0.2) is 83.8 Å². The molecule has 0 spiro atoms. The topological polar surface area (TPSA) is 61.9 Å². The third kappa shape index (κ3) is 6.13. The number of sulfonamides is 1. The molecule has 33 heavy (non-hydrogen) atoms. The van der Waals surface area contributed by atoms with Crippen LogP contribution >= 0.6 is 11.6 Å². The van der Waals surface area contributed by atoms with Gasteiger partial charge < -0.3 is 9.64 Å². The van der Waals surface area contributed by atoms with Gasteiger partial charge in [0, 0.05) is 43.8 Å². The number of ether oxygens (including phenoxy) is 1. The van der Waals surface area contributed by atoms with Gasteiger partial charge >= 0.3 is 0 Å². The van der Waals surface area contributed by atoms with Gasteiger partial charge in [-0.05, 0) is 55.1 Å². The van der Waals surface area contributed by atoms with Crippen LogP contribution in [-0.2, 0) is 10.0 Å². The van der Waals surface area contributed by atoms with E-state index in [0.717, 1.165) is 31.7 Å². The minimum atomic E-state index is -3.70. The van der Waals surface area contributed by atoms with E-state index < -0.39 is 10.0 Å². The van der Waals surface area contributed by atoms with Crippen molar-refractivity contribution in [2.45, 2.75) is 10.9 Å². The zero-order valence-electron chi connectivity index (χ0n) is 18.5. The highest BCUT2D eigenvalue weighted by Gasteiger charge is 2.27.